The lowest BCUT2D eigenvalue weighted by Crippen LogP contribution is -2.56. The third-order valence-electron chi connectivity index (χ3n) is 4.26. The fraction of sp³-hybridized carbons (Fsp3) is 0.562. The van der Waals surface area contributed by atoms with E-state index >= 15 is 0 Å². The Morgan fingerprint density at radius 1 is 1.33 bits per heavy atom. The summed E-state index contributed by atoms with van der Waals surface area (Å²) in [5.74, 6) is -5.45. The average molecular weight is 357 g/mol. The van der Waals surface area contributed by atoms with Gasteiger partial charge in [-0.3, -0.25) is 9.59 Å². The van der Waals surface area contributed by atoms with Crippen molar-refractivity contribution >= 4 is 23.2 Å². The van der Waals surface area contributed by atoms with Crippen LogP contribution in [0.1, 0.15) is 44.2 Å². The molecule has 0 bridgehead atoms. The summed E-state index contributed by atoms with van der Waals surface area (Å²) in [6.07, 6.45) is 6.21. The number of nitrogens with one attached hydrogen (secondary N) is 2. The largest absolute Gasteiger partial charge is 0.366 e. The van der Waals surface area contributed by atoms with Gasteiger partial charge in [0, 0.05) is 11.9 Å². The van der Waals surface area contributed by atoms with Crippen molar-refractivity contribution in [1.29, 1.82) is 0 Å². The third kappa shape index (κ3) is 4.37. The number of hydrogen-bond donors (Lipinski definition) is 2. The summed E-state index contributed by atoms with van der Waals surface area (Å²) in [6, 6.07) is 0. The number of halogens is 2. The molecule has 2 rings (SSSR count). The van der Waals surface area contributed by atoms with Crippen LogP contribution in [0, 0.1) is 0 Å². The Balaban J connectivity index is 2.07. The molecule has 2 amide bonds. The summed E-state index contributed by atoms with van der Waals surface area (Å²) in [4.78, 5) is 27.2. The molecule has 24 heavy (non-hydrogen) atoms. The Bertz CT molecular complexity index is 582. The number of carbonyl (C=O) groups is 2. The van der Waals surface area contributed by atoms with E-state index < -0.39 is 23.1 Å². The summed E-state index contributed by atoms with van der Waals surface area (Å²) in [7, 11) is 0. The first-order valence-corrected chi connectivity index (χ1v) is 8.83. The highest BCUT2D eigenvalue weighted by molar-refractivity contribution is 7.07. The van der Waals surface area contributed by atoms with Crippen molar-refractivity contribution in [3.8, 4) is 0 Å². The molecule has 0 radical (unpaired) electrons. The van der Waals surface area contributed by atoms with Crippen molar-refractivity contribution in [3.63, 3.8) is 0 Å². The van der Waals surface area contributed by atoms with E-state index in [0.29, 0.717) is 12.8 Å². The first-order chi connectivity index (χ1) is 11.4. The molecule has 2 N–H and O–H groups in total. The summed E-state index contributed by atoms with van der Waals surface area (Å²) < 4.78 is 28.2. The van der Waals surface area contributed by atoms with Gasteiger partial charge in [-0.05, 0) is 18.9 Å². The van der Waals surface area contributed by atoms with Crippen LogP contribution in [0.4, 0.5) is 8.78 Å². The summed E-state index contributed by atoms with van der Waals surface area (Å²) in [5, 5.41) is 6.29. The molecule has 8 heteroatoms. The zero-order valence-electron chi connectivity index (χ0n) is 13.3. The highest BCUT2D eigenvalue weighted by Crippen LogP contribution is 2.30. The maximum absolute atomic E-state index is 14.1. The number of thiazole rings is 1. The van der Waals surface area contributed by atoms with Crippen molar-refractivity contribution < 1.29 is 18.4 Å². The van der Waals surface area contributed by atoms with E-state index in [1.807, 2.05) is 0 Å². The molecular weight excluding hydrogens is 336 g/mol. The number of nitrogens with zero attached hydrogens (tertiary/aromatic N) is 1. The Labute approximate surface area is 143 Å². The zero-order valence-corrected chi connectivity index (χ0v) is 14.1. The van der Waals surface area contributed by atoms with E-state index in [2.05, 4.69) is 22.2 Å². The minimum atomic E-state index is -3.69. The second-order valence-electron chi connectivity index (χ2n) is 6.02. The molecule has 0 atom stereocenters. The fourth-order valence-electron chi connectivity index (χ4n) is 2.91. The van der Waals surface area contributed by atoms with E-state index in [-0.39, 0.29) is 12.5 Å². The lowest BCUT2D eigenvalue weighted by atomic mass is 9.89. The van der Waals surface area contributed by atoms with Gasteiger partial charge in [0.15, 0.2) is 0 Å². The second-order valence-corrected chi connectivity index (χ2v) is 6.74. The van der Waals surface area contributed by atoms with Gasteiger partial charge in [0.25, 0.3) is 5.91 Å². The molecule has 0 aliphatic heterocycles. The molecule has 1 aliphatic carbocycles. The molecular formula is C16H21F2N3O2S. The molecule has 0 saturated heterocycles. The summed E-state index contributed by atoms with van der Waals surface area (Å²) in [6.45, 7) is 3.39. The molecule has 132 valence electrons. The van der Waals surface area contributed by atoms with Gasteiger partial charge in [0.05, 0.1) is 11.0 Å². The minimum absolute atomic E-state index is 0.0366. The van der Waals surface area contributed by atoms with Crippen LogP contribution >= 0.6 is 11.3 Å². The van der Waals surface area contributed by atoms with Crippen LogP contribution in [0.15, 0.2) is 23.5 Å². The van der Waals surface area contributed by atoms with Crippen molar-refractivity contribution in [2.24, 2.45) is 0 Å². The van der Waals surface area contributed by atoms with Crippen molar-refractivity contribution in [2.75, 3.05) is 6.54 Å². The molecule has 0 aromatic carbocycles. The van der Waals surface area contributed by atoms with Crippen molar-refractivity contribution in [2.45, 2.75) is 50.0 Å². The van der Waals surface area contributed by atoms with Crippen LogP contribution in [0.3, 0.4) is 0 Å². The molecule has 5 nitrogen and oxygen atoms in total. The third-order valence-corrected chi connectivity index (χ3v) is 4.85. The van der Waals surface area contributed by atoms with Crippen LogP contribution in [0.25, 0.3) is 0 Å². The molecule has 1 aromatic rings. The monoisotopic (exact) mass is 357 g/mol. The Morgan fingerprint density at radius 3 is 2.54 bits per heavy atom. The summed E-state index contributed by atoms with van der Waals surface area (Å²) in [5.41, 5.74) is -0.0153. The topological polar surface area (TPSA) is 71.1 Å². The number of carbonyl (C=O) groups excluding carboxylic acids is 2. The fourth-order valence-corrected chi connectivity index (χ4v) is 3.48. The van der Waals surface area contributed by atoms with Gasteiger partial charge in [-0.1, -0.05) is 32.3 Å². The van der Waals surface area contributed by atoms with Crippen LogP contribution in [0.5, 0.6) is 0 Å². The second kappa shape index (κ2) is 7.83. The molecule has 1 fully saturated rings. The van der Waals surface area contributed by atoms with Gasteiger partial charge in [-0.25, -0.2) is 4.98 Å². The minimum Gasteiger partial charge on any atom is -0.348 e. The van der Waals surface area contributed by atoms with E-state index in [9.17, 15) is 18.4 Å². The SMILES string of the molecule is C=CC(=O)NC1(CNC(=O)C(F)(F)c2cscn2)CCCCCC1. The summed E-state index contributed by atoms with van der Waals surface area (Å²) >= 11 is 1.00. The molecule has 1 heterocycles. The first kappa shape index (κ1) is 18.5. The number of rotatable bonds is 6. The van der Waals surface area contributed by atoms with Gasteiger partial charge in [-0.2, -0.15) is 8.78 Å². The molecule has 0 unspecified atom stereocenters. The molecule has 1 aliphatic rings. The van der Waals surface area contributed by atoms with Crippen molar-refractivity contribution in [3.05, 3.63) is 29.2 Å². The lowest BCUT2D eigenvalue weighted by molar-refractivity contribution is -0.148. The van der Waals surface area contributed by atoms with Gasteiger partial charge in [0.2, 0.25) is 5.91 Å². The quantitative estimate of drug-likeness (QED) is 0.607. The zero-order chi connectivity index (χ0) is 17.6. The lowest BCUT2D eigenvalue weighted by Gasteiger charge is -2.34. The highest BCUT2D eigenvalue weighted by Gasteiger charge is 2.44. The van der Waals surface area contributed by atoms with Crippen LogP contribution in [-0.4, -0.2) is 28.9 Å². The normalized spacial score (nSPS) is 17.6. The van der Waals surface area contributed by atoms with Gasteiger partial charge in [-0.15, -0.1) is 11.3 Å². The Morgan fingerprint density at radius 2 is 2.00 bits per heavy atom. The Kier molecular flexibility index (Phi) is 6.04. The van der Waals surface area contributed by atoms with Gasteiger partial charge in [0.1, 0.15) is 5.69 Å². The standard InChI is InChI=1S/C16H21F2N3O2S/c1-2-13(22)21-15(7-5-3-4-6-8-15)10-19-14(23)16(17,18)12-9-24-11-20-12/h2,9,11H,1,3-8,10H2,(H,19,23)(H,21,22). The molecule has 0 spiro atoms. The first-order valence-electron chi connectivity index (χ1n) is 7.89. The maximum Gasteiger partial charge on any atom is 0.366 e. The van der Waals surface area contributed by atoms with Gasteiger partial charge < -0.3 is 10.6 Å². The van der Waals surface area contributed by atoms with E-state index in [4.69, 9.17) is 0 Å². The highest BCUT2D eigenvalue weighted by atomic mass is 32.1. The number of aromatic nitrogens is 1. The van der Waals surface area contributed by atoms with Crippen LogP contribution < -0.4 is 10.6 Å². The Hall–Kier alpha value is -1.83. The number of amides is 2. The molecule has 1 saturated carbocycles. The average Bonchev–Trinajstić information content (AvgIpc) is 3.02. The predicted molar refractivity (Wildman–Crippen MR) is 87.8 cm³/mol. The van der Waals surface area contributed by atoms with Crippen LogP contribution in [0.2, 0.25) is 0 Å². The predicted octanol–water partition coefficient (Wildman–Crippen LogP) is 2.75. The van der Waals surface area contributed by atoms with E-state index in [1.54, 1.807) is 0 Å². The van der Waals surface area contributed by atoms with Crippen LogP contribution in [-0.2, 0) is 15.5 Å². The van der Waals surface area contributed by atoms with E-state index in [0.717, 1.165) is 48.5 Å². The van der Waals surface area contributed by atoms with Crippen molar-refractivity contribution in [1.82, 2.24) is 15.6 Å². The smallest absolute Gasteiger partial charge is 0.348 e. The number of hydrogen-bond acceptors (Lipinski definition) is 4. The molecule has 1 aromatic heterocycles. The van der Waals surface area contributed by atoms with Gasteiger partial charge >= 0.3 is 5.92 Å². The maximum atomic E-state index is 14.1. The van der Waals surface area contributed by atoms with E-state index in [1.165, 1.54) is 5.51 Å². The number of alkyl halides is 2.